The summed E-state index contributed by atoms with van der Waals surface area (Å²) >= 11 is 0. The third-order valence-electron chi connectivity index (χ3n) is 3.80. The van der Waals surface area contributed by atoms with Gasteiger partial charge in [0, 0.05) is 19.3 Å². The fraction of sp³-hybridized carbons (Fsp3) is 0.600. The fourth-order valence-electron chi connectivity index (χ4n) is 2.69. The Morgan fingerprint density at radius 2 is 2.18 bits per heavy atom. The molecule has 2 rings (SSSR count). The second kappa shape index (κ2) is 5.54. The minimum Gasteiger partial charge on any atom is -0.374 e. The third kappa shape index (κ3) is 3.22. The molecule has 1 N–H and O–H groups in total. The molecular weight excluding hydrogens is 208 g/mol. The molecule has 17 heavy (non-hydrogen) atoms. The van der Waals surface area contributed by atoms with E-state index in [1.54, 1.807) is 0 Å². The molecule has 1 atom stereocenters. The van der Waals surface area contributed by atoms with Crippen molar-refractivity contribution in [3.05, 3.63) is 29.3 Å². The first kappa shape index (κ1) is 12.4. The van der Waals surface area contributed by atoms with Crippen LogP contribution in [0.5, 0.6) is 0 Å². The lowest BCUT2D eigenvalue weighted by atomic mass is 10.0. The molecule has 2 heteroatoms. The molecule has 0 saturated carbocycles. The monoisotopic (exact) mass is 232 g/mol. The van der Waals surface area contributed by atoms with Crippen molar-refractivity contribution in [2.45, 2.75) is 26.7 Å². The summed E-state index contributed by atoms with van der Waals surface area (Å²) in [6.07, 6.45) is 2.65. The fourth-order valence-corrected chi connectivity index (χ4v) is 2.69. The number of aryl methyl sites for hydroxylation is 2. The van der Waals surface area contributed by atoms with Gasteiger partial charge in [0.1, 0.15) is 0 Å². The first-order chi connectivity index (χ1) is 8.16. The quantitative estimate of drug-likeness (QED) is 0.858. The highest BCUT2D eigenvalue weighted by molar-refractivity contribution is 5.53. The van der Waals surface area contributed by atoms with E-state index in [0.29, 0.717) is 0 Å². The van der Waals surface area contributed by atoms with Gasteiger partial charge in [-0.2, -0.15) is 0 Å². The Labute approximate surface area is 105 Å². The van der Waals surface area contributed by atoms with Crippen LogP contribution in [0.15, 0.2) is 18.2 Å². The van der Waals surface area contributed by atoms with Gasteiger partial charge >= 0.3 is 0 Å². The van der Waals surface area contributed by atoms with Gasteiger partial charge in [0.05, 0.1) is 0 Å². The molecule has 1 heterocycles. The second-order valence-corrected chi connectivity index (χ2v) is 5.36. The van der Waals surface area contributed by atoms with Crippen molar-refractivity contribution < 1.29 is 0 Å². The maximum absolute atomic E-state index is 3.44. The highest BCUT2D eigenvalue weighted by Gasteiger charge is 2.15. The van der Waals surface area contributed by atoms with Gasteiger partial charge in [-0.3, -0.25) is 0 Å². The predicted molar refractivity (Wildman–Crippen MR) is 74.8 cm³/mol. The zero-order valence-electron chi connectivity index (χ0n) is 11.3. The molecule has 1 unspecified atom stereocenters. The van der Waals surface area contributed by atoms with Crippen molar-refractivity contribution in [1.82, 2.24) is 5.32 Å². The van der Waals surface area contributed by atoms with Crippen molar-refractivity contribution in [3.63, 3.8) is 0 Å². The molecule has 94 valence electrons. The Morgan fingerprint density at radius 1 is 1.35 bits per heavy atom. The zero-order valence-corrected chi connectivity index (χ0v) is 11.3. The van der Waals surface area contributed by atoms with Gasteiger partial charge in [0.25, 0.3) is 0 Å². The topological polar surface area (TPSA) is 15.3 Å². The number of nitrogens with one attached hydrogen (secondary N) is 1. The Balaban J connectivity index is 1.91. The van der Waals surface area contributed by atoms with Crippen LogP contribution >= 0.6 is 0 Å². The van der Waals surface area contributed by atoms with Crippen LogP contribution in [0.4, 0.5) is 5.69 Å². The van der Waals surface area contributed by atoms with Gasteiger partial charge in [-0.15, -0.1) is 0 Å². The number of hydrogen-bond donors (Lipinski definition) is 1. The maximum atomic E-state index is 3.44. The number of benzene rings is 1. The lowest BCUT2D eigenvalue weighted by molar-refractivity contribution is 0.533. The van der Waals surface area contributed by atoms with Crippen LogP contribution in [0.1, 0.15) is 24.0 Å². The Bertz CT molecular complexity index is 367. The van der Waals surface area contributed by atoms with E-state index >= 15 is 0 Å². The predicted octanol–water partition coefficient (Wildman–Crippen LogP) is 2.74. The number of hydrogen-bond acceptors (Lipinski definition) is 2. The number of anilines is 1. The average molecular weight is 232 g/mol. The summed E-state index contributed by atoms with van der Waals surface area (Å²) in [5, 5.41) is 3.44. The molecule has 0 aliphatic carbocycles. The number of nitrogens with zero attached hydrogens (tertiary/aromatic N) is 1. The van der Waals surface area contributed by atoms with Crippen molar-refractivity contribution in [1.29, 1.82) is 0 Å². The number of rotatable bonds is 4. The highest BCUT2D eigenvalue weighted by Crippen LogP contribution is 2.21. The summed E-state index contributed by atoms with van der Waals surface area (Å²) in [5.74, 6) is 0.878. The third-order valence-corrected chi connectivity index (χ3v) is 3.80. The Morgan fingerprint density at radius 3 is 2.82 bits per heavy atom. The summed E-state index contributed by atoms with van der Waals surface area (Å²) in [4.78, 5) is 2.40. The van der Waals surface area contributed by atoms with Gasteiger partial charge in [-0.1, -0.05) is 17.7 Å². The zero-order chi connectivity index (χ0) is 12.3. The molecule has 0 radical (unpaired) electrons. The van der Waals surface area contributed by atoms with E-state index in [1.165, 1.54) is 42.7 Å². The van der Waals surface area contributed by atoms with Crippen molar-refractivity contribution in [3.8, 4) is 0 Å². The summed E-state index contributed by atoms with van der Waals surface area (Å²) in [5.41, 5.74) is 4.11. The van der Waals surface area contributed by atoms with E-state index in [2.05, 4.69) is 49.3 Å². The lowest BCUT2D eigenvalue weighted by Gasteiger charge is -2.23. The molecule has 1 aliphatic heterocycles. The van der Waals surface area contributed by atoms with Gasteiger partial charge in [0.2, 0.25) is 0 Å². The van der Waals surface area contributed by atoms with E-state index in [-0.39, 0.29) is 0 Å². The molecule has 0 spiro atoms. The minimum absolute atomic E-state index is 0.878. The van der Waals surface area contributed by atoms with Gasteiger partial charge in [0.15, 0.2) is 0 Å². The molecule has 2 nitrogen and oxygen atoms in total. The van der Waals surface area contributed by atoms with Crippen molar-refractivity contribution in [2.24, 2.45) is 5.92 Å². The van der Waals surface area contributed by atoms with E-state index in [1.807, 2.05) is 0 Å². The lowest BCUT2D eigenvalue weighted by Crippen LogP contribution is -2.22. The van der Waals surface area contributed by atoms with Crippen LogP contribution in [-0.2, 0) is 0 Å². The standard InChI is InChI=1S/C15H24N2/c1-12-4-5-15(13(2)10-12)17(3)9-7-14-6-8-16-11-14/h4-5,10,14,16H,6-9,11H2,1-3H3. The molecule has 1 saturated heterocycles. The van der Waals surface area contributed by atoms with Crippen LogP contribution in [0, 0.1) is 19.8 Å². The Hall–Kier alpha value is -1.02. The van der Waals surface area contributed by atoms with Crippen LogP contribution in [0.3, 0.4) is 0 Å². The van der Waals surface area contributed by atoms with E-state index in [4.69, 9.17) is 0 Å². The van der Waals surface area contributed by atoms with Crippen molar-refractivity contribution >= 4 is 5.69 Å². The summed E-state index contributed by atoms with van der Waals surface area (Å²) in [6.45, 7) is 7.94. The molecule has 1 fully saturated rings. The summed E-state index contributed by atoms with van der Waals surface area (Å²) in [7, 11) is 2.21. The molecule has 0 bridgehead atoms. The normalized spacial score (nSPS) is 19.6. The maximum Gasteiger partial charge on any atom is 0.0393 e. The van der Waals surface area contributed by atoms with Gasteiger partial charge in [-0.05, 0) is 57.3 Å². The van der Waals surface area contributed by atoms with Crippen molar-refractivity contribution in [2.75, 3.05) is 31.6 Å². The molecule has 0 aromatic heterocycles. The van der Waals surface area contributed by atoms with Crippen LogP contribution in [0.25, 0.3) is 0 Å². The summed E-state index contributed by atoms with van der Waals surface area (Å²) < 4.78 is 0. The molecule has 1 aromatic rings. The summed E-state index contributed by atoms with van der Waals surface area (Å²) in [6, 6.07) is 6.72. The van der Waals surface area contributed by atoms with Crippen LogP contribution in [0.2, 0.25) is 0 Å². The first-order valence-corrected chi connectivity index (χ1v) is 6.66. The SMILES string of the molecule is Cc1ccc(N(C)CCC2CCNC2)c(C)c1. The van der Waals surface area contributed by atoms with Crippen LogP contribution in [-0.4, -0.2) is 26.7 Å². The van der Waals surface area contributed by atoms with Crippen LogP contribution < -0.4 is 10.2 Å². The largest absolute Gasteiger partial charge is 0.374 e. The first-order valence-electron chi connectivity index (χ1n) is 6.66. The molecular formula is C15H24N2. The van der Waals surface area contributed by atoms with Gasteiger partial charge < -0.3 is 10.2 Å². The molecule has 1 aromatic carbocycles. The molecule has 0 amide bonds. The Kier molecular flexibility index (Phi) is 4.06. The smallest absolute Gasteiger partial charge is 0.0393 e. The van der Waals surface area contributed by atoms with Gasteiger partial charge in [-0.25, -0.2) is 0 Å². The van der Waals surface area contributed by atoms with E-state index in [9.17, 15) is 0 Å². The highest BCUT2D eigenvalue weighted by atomic mass is 15.1. The molecule has 1 aliphatic rings. The second-order valence-electron chi connectivity index (χ2n) is 5.36. The average Bonchev–Trinajstić information content (AvgIpc) is 2.78. The minimum atomic E-state index is 0.878. The van der Waals surface area contributed by atoms with E-state index in [0.717, 1.165) is 12.5 Å². The van der Waals surface area contributed by atoms with E-state index < -0.39 is 0 Å².